The second-order valence-electron chi connectivity index (χ2n) is 6.80. The Morgan fingerprint density at radius 1 is 1.28 bits per heavy atom. The van der Waals surface area contributed by atoms with Gasteiger partial charge < -0.3 is 10.2 Å². The first-order valence-corrected chi connectivity index (χ1v) is 8.73. The fourth-order valence-corrected chi connectivity index (χ4v) is 3.73. The van der Waals surface area contributed by atoms with E-state index in [1.807, 2.05) is 17.2 Å². The first-order valence-electron chi connectivity index (χ1n) is 8.73. The average molecular weight is 338 g/mol. The summed E-state index contributed by atoms with van der Waals surface area (Å²) in [6.45, 7) is 7.58. The van der Waals surface area contributed by atoms with Gasteiger partial charge in [-0.1, -0.05) is 6.92 Å². The molecule has 2 saturated heterocycles. The molecule has 7 heteroatoms. The fraction of sp³-hybridized carbons (Fsp3) is 0.500. The highest BCUT2D eigenvalue weighted by Gasteiger charge is 2.32. The minimum Gasteiger partial charge on any atom is -0.369 e. The van der Waals surface area contributed by atoms with Crippen molar-refractivity contribution >= 4 is 16.7 Å². The van der Waals surface area contributed by atoms with Crippen molar-refractivity contribution in [1.29, 1.82) is 5.26 Å². The lowest BCUT2D eigenvalue weighted by Crippen LogP contribution is -2.45. The standard InChI is InChI=1S/C18H22N6O/c1-13-9-23(10-15(13)11-24-12-20-6-7-25-24)16-3-2-14(8-19)17-18(16)22-5-4-21-17/h2-5,13,15,20H,6-7,9-12H2,1H3/t13-,15+/m0/s1. The normalized spacial score (nSPS) is 24.6. The Morgan fingerprint density at radius 3 is 2.88 bits per heavy atom. The second kappa shape index (κ2) is 6.92. The first kappa shape index (κ1) is 16.2. The van der Waals surface area contributed by atoms with Gasteiger partial charge in [-0.3, -0.25) is 14.8 Å². The molecule has 1 aromatic heterocycles. The highest BCUT2D eigenvalue weighted by Crippen LogP contribution is 2.33. The Kier molecular flexibility index (Phi) is 4.49. The Hall–Kier alpha value is -2.27. The van der Waals surface area contributed by atoms with Crippen LogP contribution in [0.25, 0.3) is 11.0 Å². The van der Waals surface area contributed by atoms with Gasteiger partial charge in [0.05, 0.1) is 24.5 Å². The van der Waals surface area contributed by atoms with Gasteiger partial charge in [-0.05, 0) is 24.0 Å². The number of nitriles is 1. The van der Waals surface area contributed by atoms with Crippen molar-refractivity contribution in [3.8, 4) is 6.07 Å². The van der Waals surface area contributed by atoms with E-state index in [4.69, 9.17) is 4.84 Å². The monoisotopic (exact) mass is 338 g/mol. The lowest BCUT2D eigenvalue weighted by atomic mass is 9.98. The Morgan fingerprint density at radius 2 is 2.12 bits per heavy atom. The lowest BCUT2D eigenvalue weighted by Gasteiger charge is -2.30. The molecule has 130 valence electrons. The summed E-state index contributed by atoms with van der Waals surface area (Å²) >= 11 is 0. The number of rotatable bonds is 3. The summed E-state index contributed by atoms with van der Waals surface area (Å²) in [6.07, 6.45) is 3.33. The quantitative estimate of drug-likeness (QED) is 0.905. The molecule has 0 bridgehead atoms. The number of nitrogens with zero attached hydrogens (tertiary/aromatic N) is 5. The molecule has 0 spiro atoms. The van der Waals surface area contributed by atoms with Crippen LogP contribution in [0.3, 0.4) is 0 Å². The predicted octanol–water partition coefficient (Wildman–Crippen LogP) is 1.37. The second-order valence-corrected chi connectivity index (χ2v) is 6.80. The summed E-state index contributed by atoms with van der Waals surface area (Å²) < 4.78 is 0. The molecule has 0 unspecified atom stereocenters. The molecule has 1 N–H and O–H groups in total. The van der Waals surface area contributed by atoms with E-state index >= 15 is 0 Å². The molecule has 0 saturated carbocycles. The minimum absolute atomic E-state index is 0.530. The molecule has 0 aliphatic carbocycles. The Labute approximate surface area is 147 Å². The van der Waals surface area contributed by atoms with Crippen LogP contribution in [0.1, 0.15) is 12.5 Å². The van der Waals surface area contributed by atoms with Crippen molar-refractivity contribution < 1.29 is 4.84 Å². The Bertz CT molecular complexity index is 798. The number of benzene rings is 1. The van der Waals surface area contributed by atoms with E-state index in [0.717, 1.165) is 50.7 Å². The summed E-state index contributed by atoms with van der Waals surface area (Å²) in [5, 5.41) is 14.7. The van der Waals surface area contributed by atoms with Crippen LogP contribution < -0.4 is 10.2 Å². The van der Waals surface area contributed by atoms with E-state index in [1.165, 1.54) is 0 Å². The van der Waals surface area contributed by atoms with E-state index in [9.17, 15) is 5.26 Å². The first-order chi connectivity index (χ1) is 12.3. The maximum atomic E-state index is 9.30. The van der Waals surface area contributed by atoms with Gasteiger partial charge in [-0.15, -0.1) is 0 Å². The zero-order chi connectivity index (χ0) is 17.2. The number of hydrogen-bond acceptors (Lipinski definition) is 7. The number of aromatic nitrogens is 2. The predicted molar refractivity (Wildman–Crippen MR) is 94.6 cm³/mol. The molecular formula is C18H22N6O. The number of hydroxylamine groups is 2. The molecular weight excluding hydrogens is 316 g/mol. The smallest absolute Gasteiger partial charge is 0.113 e. The molecule has 2 aliphatic rings. The molecule has 25 heavy (non-hydrogen) atoms. The third-order valence-electron chi connectivity index (χ3n) is 5.11. The van der Waals surface area contributed by atoms with Crippen LogP contribution >= 0.6 is 0 Å². The van der Waals surface area contributed by atoms with Gasteiger partial charge in [0.2, 0.25) is 0 Å². The number of nitrogens with one attached hydrogen (secondary N) is 1. The molecule has 2 aliphatic heterocycles. The maximum absolute atomic E-state index is 9.30. The molecule has 0 radical (unpaired) electrons. The third-order valence-corrected chi connectivity index (χ3v) is 5.11. The van der Waals surface area contributed by atoms with Crippen LogP contribution in [0.4, 0.5) is 5.69 Å². The zero-order valence-corrected chi connectivity index (χ0v) is 14.4. The van der Waals surface area contributed by atoms with Crippen LogP contribution in [0.2, 0.25) is 0 Å². The van der Waals surface area contributed by atoms with Crippen LogP contribution in [-0.4, -0.2) is 54.5 Å². The summed E-state index contributed by atoms with van der Waals surface area (Å²) in [6, 6.07) is 6.06. The van der Waals surface area contributed by atoms with Crippen molar-refractivity contribution in [2.24, 2.45) is 11.8 Å². The fourth-order valence-electron chi connectivity index (χ4n) is 3.73. The summed E-state index contributed by atoms with van der Waals surface area (Å²) in [5.41, 5.74) is 3.13. The van der Waals surface area contributed by atoms with Crippen molar-refractivity contribution in [2.75, 3.05) is 44.4 Å². The number of hydrogen-bond donors (Lipinski definition) is 1. The van der Waals surface area contributed by atoms with Gasteiger partial charge in [0.25, 0.3) is 0 Å². The van der Waals surface area contributed by atoms with Crippen LogP contribution in [0.15, 0.2) is 24.5 Å². The molecule has 1 aromatic carbocycles. The van der Waals surface area contributed by atoms with Gasteiger partial charge in [0.1, 0.15) is 17.1 Å². The van der Waals surface area contributed by atoms with Crippen LogP contribution in [-0.2, 0) is 4.84 Å². The lowest BCUT2D eigenvalue weighted by molar-refractivity contribution is -0.189. The van der Waals surface area contributed by atoms with E-state index in [-0.39, 0.29) is 0 Å². The SMILES string of the molecule is C[C@H]1CN(c2ccc(C#N)c3nccnc23)C[C@@H]1CN1CNCCO1. The van der Waals surface area contributed by atoms with E-state index in [2.05, 4.69) is 33.2 Å². The van der Waals surface area contributed by atoms with Crippen molar-refractivity contribution in [3.05, 3.63) is 30.1 Å². The van der Waals surface area contributed by atoms with Crippen molar-refractivity contribution in [3.63, 3.8) is 0 Å². The number of fused-ring (bicyclic) bond motifs is 1. The molecule has 2 fully saturated rings. The van der Waals surface area contributed by atoms with Gasteiger partial charge >= 0.3 is 0 Å². The molecule has 0 amide bonds. The van der Waals surface area contributed by atoms with Gasteiger partial charge in [0.15, 0.2) is 0 Å². The van der Waals surface area contributed by atoms with Gasteiger partial charge in [-0.25, -0.2) is 0 Å². The van der Waals surface area contributed by atoms with Crippen molar-refractivity contribution in [2.45, 2.75) is 6.92 Å². The largest absolute Gasteiger partial charge is 0.369 e. The maximum Gasteiger partial charge on any atom is 0.113 e. The Balaban J connectivity index is 1.57. The topological polar surface area (TPSA) is 77.3 Å². The van der Waals surface area contributed by atoms with Crippen molar-refractivity contribution in [1.82, 2.24) is 20.3 Å². The molecule has 2 atom stereocenters. The van der Waals surface area contributed by atoms with Gasteiger partial charge in [0, 0.05) is 38.6 Å². The van der Waals surface area contributed by atoms with Crippen LogP contribution in [0, 0.1) is 23.2 Å². The molecule has 2 aromatic rings. The van der Waals surface area contributed by atoms with E-state index < -0.39 is 0 Å². The minimum atomic E-state index is 0.530. The molecule has 3 heterocycles. The average Bonchev–Trinajstić information content (AvgIpc) is 3.02. The molecule has 4 rings (SSSR count). The van der Waals surface area contributed by atoms with E-state index in [0.29, 0.717) is 22.9 Å². The number of anilines is 1. The van der Waals surface area contributed by atoms with Gasteiger partial charge in [-0.2, -0.15) is 10.3 Å². The summed E-state index contributed by atoms with van der Waals surface area (Å²) in [7, 11) is 0. The highest BCUT2D eigenvalue weighted by atomic mass is 16.7. The van der Waals surface area contributed by atoms with E-state index in [1.54, 1.807) is 12.4 Å². The molecule has 7 nitrogen and oxygen atoms in total. The van der Waals surface area contributed by atoms with Crippen LogP contribution in [0.5, 0.6) is 0 Å². The summed E-state index contributed by atoms with van der Waals surface area (Å²) in [5.74, 6) is 1.09. The highest BCUT2D eigenvalue weighted by molar-refractivity contribution is 5.92. The third kappa shape index (κ3) is 3.16. The zero-order valence-electron chi connectivity index (χ0n) is 14.4. The summed E-state index contributed by atoms with van der Waals surface area (Å²) in [4.78, 5) is 17.0.